The van der Waals surface area contributed by atoms with E-state index in [2.05, 4.69) is 10.4 Å². The molecule has 2 N–H and O–H groups in total. The van der Waals surface area contributed by atoms with Crippen molar-refractivity contribution in [3.8, 4) is 17.2 Å². The second-order valence-electron chi connectivity index (χ2n) is 16.2. The quantitative estimate of drug-likeness (QED) is 0.138. The van der Waals surface area contributed by atoms with Gasteiger partial charge in [-0.15, -0.1) is 0 Å². The lowest BCUT2D eigenvalue weighted by atomic mass is 9.53. The molecule has 2 fully saturated rings. The summed E-state index contributed by atoms with van der Waals surface area (Å²) in [5, 5.41) is 14.8. The number of phenols is 1. The molecular formula is C47H39ClFN7O8. The van der Waals surface area contributed by atoms with E-state index in [-0.39, 0.29) is 43.1 Å². The Morgan fingerprint density at radius 3 is 2.36 bits per heavy atom. The van der Waals surface area contributed by atoms with Gasteiger partial charge in [-0.05, 0) is 59.3 Å². The highest BCUT2D eigenvalue weighted by Gasteiger charge is 2.69. The SMILES string of the molecule is COc1cc2nc(CCn3c(=O)n4n(c3=O)[C@@H]3C[C@H]5C(=O)N(Nc6ccc(F)cc6)C(=O)[C@@]5(c5ccc(Cl)cc5)[C@@H](c5ccc6ccccc6c5O)C3=CC4)c(=O)n(C)c2cc1OC. The van der Waals surface area contributed by atoms with Crippen molar-refractivity contribution in [3.63, 3.8) is 0 Å². The van der Waals surface area contributed by atoms with Crippen LogP contribution in [0, 0.1) is 11.7 Å². The van der Waals surface area contributed by atoms with Crippen LogP contribution >= 0.6 is 11.6 Å². The molecule has 4 heterocycles. The lowest BCUT2D eigenvalue weighted by Crippen LogP contribution is -2.53. The molecule has 324 valence electrons. The minimum atomic E-state index is -1.72. The van der Waals surface area contributed by atoms with Gasteiger partial charge in [0.2, 0.25) is 0 Å². The number of benzene rings is 5. The maximum Gasteiger partial charge on any atom is 0.347 e. The Hall–Kier alpha value is -7.46. The fourth-order valence-corrected chi connectivity index (χ4v) is 10.2. The standard InChI is InChI=1S/C47H39ClFN7O8/c1-52-37-24-39(64-3)38(63-2)23-35(37)50-34(43(52)59)19-20-53-45(61)54-21-18-31-36(56(54)46(53)62)22-33-42(58)55(51-29-15-13-28(49)14-16-29)44(60)47(33,26-9-11-27(48)12-10-26)40(31)32-17-8-25-6-4-5-7-30(25)41(32)57/h4-18,23-24,33,36,40,51,57H,19-22H2,1-3H3/t33-,36+,40+,47+/m0/s1. The number of carbonyl (C=O) groups is 2. The number of hydrogen-bond donors (Lipinski definition) is 2. The number of ether oxygens (including phenoxy) is 2. The van der Waals surface area contributed by atoms with Gasteiger partial charge in [0, 0.05) is 54.0 Å². The summed E-state index contributed by atoms with van der Waals surface area (Å²) in [4.78, 5) is 77.8. The van der Waals surface area contributed by atoms with E-state index in [4.69, 9.17) is 21.1 Å². The molecule has 2 amide bonds. The number of anilines is 1. The van der Waals surface area contributed by atoms with Crippen molar-refractivity contribution in [2.75, 3.05) is 19.6 Å². The number of nitrogens with one attached hydrogen (secondary N) is 1. The van der Waals surface area contributed by atoms with Crippen molar-refractivity contribution in [2.24, 2.45) is 13.0 Å². The predicted octanol–water partition coefficient (Wildman–Crippen LogP) is 5.59. The van der Waals surface area contributed by atoms with Crippen LogP contribution in [0.3, 0.4) is 0 Å². The zero-order valence-corrected chi connectivity index (χ0v) is 35.4. The van der Waals surface area contributed by atoms with Crippen LogP contribution in [-0.4, -0.2) is 59.6 Å². The third-order valence-corrected chi connectivity index (χ3v) is 13.3. The number of aromatic hydroxyl groups is 1. The number of hydrazine groups is 1. The largest absolute Gasteiger partial charge is 0.507 e. The Morgan fingerprint density at radius 1 is 0.906 bits per heavy atom. The van der Waals surface area contributed by atoms with Crippen LogP contribution in [0.2, 0.25) is 5.02 Å². The van der Waals surface area contributed by atoms with Crippen LogP contribution in [0.1, 0.15) is 35.2 Å². The van der Waals surface area contributed by atoms with E-state index < -0.39 is 57.9 Å². The number of phenolic OH excluding ortho intramolecular Hbond substituents is 1. The van der Waals surface area contributed by atoms with Gasteiger partial charge in [-0.25, -0.2) is 32.9 Å². The molecule has 0 unspecified atom stereocenters. The first kappa shape index (κ1) is 40.6. The van der Waals surface area contributed by atoms with Crippen LogP contribution in [0.4, 0.5) is 10.1 Å². The molecule has 3 aliphatic rings. The minimum Gasteiger partial charge on any atom is -0.507 e. The Balaban J connectivity index is 1.12. The number of methoxy groups -OCH3 is 2. The highest BCUT2D eigenvalue weighted by Crippen LogP contribution is 2.63. The number of carbonyl (C=O) groups excluding carboxylic acids is 2. The smallest absolute Gasteiger partial charge is 0.347 e. The lowest BCUT2D eigenvalue weighted by Gasteiger charge is -2.49. The van der Waals surface area contributed by atoms with Gasteiger partial charge in [0.1, 0.15) is 17.3 Å². The van der Waals surface area contributed by atoms with E-state index in [1.807, 2.05) is 18.2 Å². The number of fused-ring (bicyclic) bond motifs is 6. The number of rotatable bonds is 9. The van der Waals surface area contributed by atoms with Crippen LogP contribution in [-0.2, 0) is 41.6 Å². The molecule has 5 aromatic carbocycles. The van der Waals surface area contributed by atoms with E-state index in [1.165, 1.54) is 52.4 Å². The Kier molecular flexibility index (Phi) is 9.59. The highest BCUT2D eigenvalue weighted by molar-refractivity contribution is 6.30. The van der Waals surface area contributed by atoms with E-state index in [9.17, 15) is 23.9 Å². The molecule has 0 radical (unpaired) electrons. The molecule has 0 bridgehead atoms. The number of amides is 2. The minimum absolute atomic E-state index is 0.0754. The number of imide groups is 1. The lowest BCUT2D eigenvalue weighted by molar-refractivity contribution is -0.138. The van der Waals surface area contributed by atoms with Gasteiger partial charge < -0.3 is 19.1 Å². The zero-order chi connectivity index (χ0) is 44.8. The summed E-state index contributed by atoms with van der Waals surface area (Å²) in [5.41, 5.74) is 2.06. The Bertz CT molecular complexity index is 3320. The predicted molar refractivity (Wildman–Crippen MR) is 235 cm³/mol. The first-order valence-corrected chi connectivity index (χ1v) is 20.9. The summed E-state index contributed by atoms with van der Waals surface area (Å²) in [7, 11) is 4.56. The van der Waals surface area contributed by atoms with Gasteiger partial charge >= 0.3 is 11.4 Å². The second-order valence-corrected chi connectivity index (χ2v) is 16.6. The second kappa shape index (κ2) is 15.1. The molecule has 7 aromatic rings. The normalized spacial score (nSPS) is 20.2. The summed E-state index contributed by atoms with van der Waals surface area (Å²) in [6.45, 7) is -0.288. The monoisotopic (exact) mass is 883 g/mol. The zero-order valence-electron chi connectivity index (χ0n) is 34.6. The molecule has 1 saturated carbocycles. The number of aromatic nitrogens is 5. The van der Waals surface area contributed by atoms with Crippen molar-refractivity contribution in [1.29, 1.82) is 0 Å². The summed E-state index contributed by atoms with van der Waals surface area (Å²) in [6, 6.07) is 24.9. The van der Waals surface area contributed by atoms with Crippen LogP contribution < -0.4 is 31.8 Å². The number of nitrogens with zero attached hydrogens (tertiary/aromatic N) is 6. The van der Waals surface area contributed by atoms with E-state index in [0.29, 0.717) is 49.6 Å². The first-order valence-electron chi connectivity index (χ1n) is 20.5. The molecule has 64 heavy (non-hydrogen) atoms. The molecule has 2 aliphatic heterocycles. The van der Waals surface area contributed by atoms with Crippen molar-refractivity contribution in [2.45, 2.75) is 43.3 Å². The number of allylic oxidation sites excluding steroid dienone is 2. The number of halogens is 2. The molecule has 15 nitrogen and oxygen atoms in total. The van der Waals surface area contributed by atoms with Gasteiger partial charge in [0.15, 0.2) is 11.5 Å². The average molecular weight is 884 g/mol. The van der Waals surface area contributed by atoms with Gasteiger partial charge in [0.05, 0.1) is 54.9 Å². The van der Waals surface area contributed by atoms with Gasteiger partial charge in [-0.3, -0.25) is 19.8 Å². The fraction of sp³-hybridized carbons (Fsp3) is 0.234. The first-order chi connectivity index (χ1) is 30.9. The molecule has 2 aromatic heterocycles. The van der Waals surface area contributed by atoms with Crippen molar-refractivity contribution >= 4 is 50.9 Å². The van der Waals surface area contributed by atoms with Crippen molar-refractivity contribution < 1.29 is 28.6 Å². The maximum atomic E-state index is 15.5. The summed E-state index contributed by atoms with van der Waals surface area (Å²) >= 11 is 6.42. The van der Waals surface area contributed by atoms with Crippen molar-refractivity contribution in [1.82, 2.24) is 28.5 Å². The van der Waals surface area contributed by atoms with Gasteiger partial charge in [-0.2, -0.15) is 5.01 Å². The topological polar surface area (TPSA) is 172 Å². The maximum absolute atomic E-state index is 15.5. The van der Waals surface area contributed by atoms with Crippen LogP contribution in [0.15, 0.2) is 123 Å². The highest BCUT2D eigenvalue weighted by atomic mass is 35.5. The summed E-state index contributed by atoms with van der Waals surface area (Å²) in [5.74, 6) is -3.33. The van der Waals surface area contributed by atoms with Gasteiger partial charge in [0.25, 0.3) is 17.4 Å². The summed E-state index contributed by atoms with van der Waals surface area (Å²) in [6.07, 6.45) is 1.61. The summed E-state index contributed by atoms with van der Waals surface area (Å²) < 4.78 is 30.0. The molecule has 17 heteroatoms. The molecule has 1 aliphatic carbocycles. The fourth-order valence-electron chi connectivity index (χ4n) is 10.1. The number of aryl methyl sites for hydroxylation is 2. The van der Waals surface area contributed by atoms with Gasteiger partial charge in [-0.1, -0.05) is 66.2 Å². The van der Waals surface area contributed by atoms with Crippen LogP contribution in [0.25, 0.3) is 21.8 Å². The Morgan fingerprint density at radius 2 is 1.62 bits per heavy atom. The average Bonchev–Trinajstić information content (AvgIpc) is 3.67. The van der Waals surface area contributed by atoms with E-state index in [0.717, 1.165) is 15.0 Å². The Labute approximate surface area is 367 Å². The molecular weight excluding hydrogens is 845 g/mol. The third-order valence-electron chi connectivity index (χ3n) is 13.1. The van der Waals surface area contributed by atoms with E-state index >= 15 is 9.59 Å². The molecule has 10 rings (SSSR count). The van der Waals surface area contributed by atoms with E-state index in [1.54, 1.807) is 67.7 Å². The van der Waals surface area contributed by atoms with Crippen LogP contribution in [0.5, 0.6) is 17.2 Å². The third kappa shape index (κ3) is 5.92. The molecule has 4 atom stereocenters. The molecule has 1 saturated heterocycles. The number of hydrogen-bond acceptors (Lipinski definition) is 10. The van der Waals surface area contributed by atoms with Crippen molar-refractivity contribution in [3.05, 3.63) is 168 Å². The molecule has 0 spiro atoms.